The van der Waals surface area contributed by atoms with Gasteiger partial charge >= 0.3 is 0 Å². The minimum absolute atomic E-state index is 0.377. The van der Waals surface area contributed by atoms with Crippen molar-refractivity contribution in [3.05, 3.63) is 59.8 Å². The second-order valence-electron chi connectivity index (χ2n) is 5.02. The van der Waals surface area contributed by atoms with Crippen molar-refractivity contribution >= 4 is 17.6 Å². The van der Waals surface area contributed by atoms with Crippen molar-refractivity contribution in [1.82, 2.24) is 10.3 Å². The predicted molar refractivity (Wildman–Crippen MR) is 84.4 cm³/mol. The summed E-state index contributed by atoms with van der Waals surface area (Å²) in [6.45, 7) is 0. The zero-order valence-electron chi connectivity index (χ0n) is 12.5. The first-order valence-electron chi connectivity index (χ1n) is 6.77. The molecule has 0 aliphatic heterocycles. The molecular weight excluding hydrogens is 280 g/mol. The number of hydrogen-bond donors (Lipinski definition) is 2. The Bertz CT molecular complexity index is 671. The monoisotopic (exact) mass is 298 g/mol. The third kappa shape index (κ3) is 3.60. The fourth-order valence-electron chi connectivity index (χ4n) is 1.98. The average Bonchev–Trinajstić information content (AvgIpc) is 2.53. The first-order valence-corrected chi connectivity index (χ1v) is 6.77. The van der Waals surface area contributed by atoms with E-state index in [1.807, 2.05) is 20.2 Å². The van der Waals surface area contributed by atoms with Crippen LogP contribution in [0.3, 0.4) is 0 Å². The maximum Gasteiger partial charge on any atom is 0.252 e. The van der Waals surface area contributed by atoms with Crippen molar-refractivity contribution in [2.75, 3.05) is 19.0 Å². The lowest BCUT2D eigenvalue weighted by atomic mass is 10.1. The van der Waals surface area contributed by atoms with Gasteiger partial charge < -0.3 is 16.0 Å². The molecule has 0 unspecified atom stereocenters. The van der Waals surface area contributed by atoms with Gasteiger partial charge in [0.25, 0.3) is 5.91 Å². The van der Waals surface area contributed by atoms with E-state index in [-0.39, 0.29) is 5.91 Å². The van der Waals surface area contributed by atoms with E-state index in [0.29, 0.717) is 16.9 Å². The number of primary amides is 1. The average molecular weight is 298 g/mol. The van der Waals surface area contributed by atoms with Gasteiger partial charge in [0.2, 0.25) is 5.91 Å². The maximum atomic E-state index is 12.3. The summed E-state index contributed by atoms with van der Waals surface area (Å²) in [5, 5.41) is 2.66. The van der Waals surface area contributed by atoms with E-state index in [4.69, 9.17) is 5.73 Å². The van der Waals surface area contributed by atoms with Crippen LogP contribution in [-0.2, 0) is 4.79 Å². The number of aromatic nitrogens is 1. The van der Waals surface area contributed by atoms with E-state index in [1.54, 1.807) is 47.5 Å². The number of nitrogens with one attached hydrogen (secondary N) is 1. The summed E-state index contributed by atoms with van der Waals surface area (Å²) in [5.74, 6) is -0.331. The Labute approximate surface area is 129 Å². The number of amides is 2. The van der Waals surface area contributed by atoms with E-state index in [1.165, 1.54) is 0 Å². The van der Waals surface area contributed by atoms with Crippen molar-refractivity contribution in [3.63, 3.8) is 0 Å². The zero-order chi connectivity index (χ0) is 16.1. The van der Waals surface area contributed by atoms with Crippen LogP contribution in [0.15, 0.2) is 48.7 Å². The summed E-state index contributed by atoms with van der Waals surface area (Å²) in [6.07, 6.45) is 1.55. The summed E-state index contributed by atoms with van der Waals surface area (Å²) in [5.41, 5.74) is 6.46. The van der Waals surface area contributed by atoms with Gasteiger partial charge in [-0.3, -0.25) is 9.59 Å². The molecular formula is C16H18N4O2. The molecule has 2 amide bonds. The molecule has 1 atom stereocenters. The highest BCUT2D eigenvalue weighted by molar-refractivity contribution is 5.98. The lowest BCUT2D eigenvalue weighted by Crippen LogP contribution is -2.37. The number of pyridine rings is 1. The highest BCUT2D eigenvalue weighted by Gasteiger charge is 2.21. The smallest absolute Gasteiger partial charge is 0.252 e. The number of nitrogens with zero attached hydrogens (tertiary/aromatic N) is 2. The number of nitrogens with two attached hydrogens (primary N) is 1. The number of rotatable bonds is 5. The number of benzene rings is 1. The minimum Gasteiger partial charge on any atom is -0.368 e. The molecule has 1 heterocycles. The number of carbonyl (C=O) groups excluding carboxylic acids is 2. The van der Waals surface area contributed by atoms with E-state index >= 15 is 0 Å². The molecule has 22 heavy (non-hydrogen) atoms. The second kappa shape index (κ2) is 6.71. The first-order chi connectivity index (χ1) is 10.5. The Morgan fingerprint density at radius 1 is 1.18 bits per heavy atom. The van der Waals surface area contributed by atoms with Crippen LogP contribution in [-0.4, -0.2) is 30.9 Å². The van der Waals surface area contributed by atoms with Crippen LogP contribution in [0.1, 0.15) is 22.0 Å². The lowest BCUT2D eigenvalue weighted by Gasteiger charge is -2.17. The summed E-state index contributed by atoms with van der Waals surface area (Å²) < 4.78 is 0. The van der Waals surface area contributed by atoms with Crippen molar-refractivity contribution in [2.24, 2.45) is 5.73 Å². The molecule has 0 fully saturated rings. The SMILES string of the molecule is CN(C)c1cc(C(=O)N[C@@H](C(N)=O)c2ccccc2)ccn1. The molecule has 0 saturated heterocycles. The van der Waals surface area contributed by atoms with Crippen LogP contribution in [0.25, 0.3) is 0 Å². The Kier molecular flexibility index (Phi) is 4.73. The third-order valence-electron chi connectivity index (χ3n) is 3.16. The van der Waals surface area contributed by atoms with Gasteiger partial charge in [-0.25, -0.2) is 4.98 Å². The van der Waals surface area contributed by atoms with E-state index < -0.39 is 11.9 Å². The molecule has 2 rings (SSSR count). The highest BCUT2D eigenvalue weighted by atomic mass is 16.2. The Balaban J connectivity index is 2.22. The fourth-order valence-corrected chi connectivity index (χ4v) is 1.98. The van der Waals surface area contributed by atoms with Crippen LogP contribution in [0, 0.1) is 0 Å². The topological polar surface area (TPSA) is 88.3 Å². The minimum atomic E-state index is -0.871. The summed E-state index contributed by atoms with van der Waals surface area (Å²) >= 11 is 0. The summed E-state index contributed by atoms with van der Waals surface area (Å²) in [4.78, 5) is 29.9. The Morgan fingerprint density at radius 2 is 1.86 bits per heavy atom. The van der Waals surface area contributed by atoms with Gasteiger partial charge in [-0.05, 0) is 17.7 Å². The van der Waals surface area contributed by atoms with Gasteiger partial charge in [0.1, 0.15) is 11.9 Å². The summed E-state index contributed by atoms with van der Waals surface area (Å²) in [7, 11) is 3.67. The predicted octanol–water partition coefficient (Wildman–Crippen LogP) is 1.10. The molecule has 2 aromatic rings. The number of hydrogen-bond acceptors (Lipinski definition) is 4. The fraction of sp³-hybridized carbons (Fsp3) is 0.188. The van der Waals surface area contributed by atoms with E-state index in [2.05, 4.69) is 10.3 Å². The van der Waals surface area contributed by atoms with Crippen LogP contribution in [0.5, 0.6) is 0 Å². The molecule has 0 bridgehead atoms. The quantitative estimate of drug-likeness (QED) is 0.865. The molecule has 1 aromatic heterocycles. The molecule has 0 aliphatic carbocycles. The van der Waals surface area contributed by atoms with Crippen molar-refractivity contribution in [2.45, 2.75) is 6.04 Å². The van der Waals surface area contributed by atoms with E-state index in [0.717, 1.165) is 0 Å². The van der Waals surface area contributed by atoms with Crippen molar-refractivity contribution < 1.29 is 9.59 Å². The first kappa shape index (κ1) is 15.5. The largest absolute Gasteiger partial charge is 0.368 e. The van der Waals surface area contributed by atoms with Crippen LogP contribution < -0.4 is 16.0 Å². The zero-order valence-corrected chi connectivity index (χ0v) is 12.5. The molecule has 0 saturated carbocycles. The van der Waals surface area contributed by atoms with Crippen LogP contribution >= 0.6 is 0 Å². The lowest BCUT2D eigenvalue weighted by molar-refractivity contribution is -0.120. The van der Waals surface area contributed by atoms with E-state index in [9.17, 15) is 9.59 Å². The third-order valence-corrected chi connectivity index (χ3v) is 3.16. The van der Waals surface area contributed by atoms with Crippen LogP contribution in [0.4, 0.5) is 5.82 Å². The van der Waals surface area contributed by atoms with Gasteiger partial charge in [-0.1, -0.05) is 30.3 Å². The molecule has 114 valence electrons. The van der Waals surface area contributed by atoms with Gasteiger partial charge in [0.05, 0.1) is 0 Å². The Morgan fingerprint density at radius 3 is 2.45 bits per heavy atom. The second-order valence-corrected chi connectivity index (χ2v) is 5.02. The molecule has 6 heteroatoms. The van der Waals surface area contributed by atoms with Gasteiger partial charge in [0, 0.05) is 25.9 Å². The normalized spacial score (nSPS) is 11.5. The number of carbonyl (C=O) groups is 2. The van der Waals surface area contributed by atoms with Gasteiger partial charge in [-0.2, -0.15) is 0 Å². The summed E-state index contributed by atoms with van der Waals surface area (Å²) in [6, 6.07) is 11.3. The standard InChI is InChI=1S/C16H18N4O2/c1-20(2)13-10-12(8-9-18-13)16(22)19-14(15(17)21)11-6-4-3-5-7-11/h3-10,14H,1-2H3,(H2,17,21)(H,19,22)/t14-/m1/s1. The molecule has 0 spiro atoms. The highest BCUT2D eigenvalue weighted by Crippen LogP contribution is 2.14. The molecule has 3 N–H and O–H groups in total. The van der Waals surface area contributed by atoms with Crippen molar-refractivity contribution in [1.29, 1.82) is 0 Å². The van der Waals surface area contributed by atoms with Crippen LogP contribution in [0.2, 0.25) is 0 Å². The molecule has 0 radical (unpaired) electrons. The molecule has 0 aliphatic rings. The maximum absolute atomic E-state index is 12.3. The van der Waals surface area contributed by atoms with Gasteiger partial charge in [-0.15, -0.1) is 0 Å². The van der Waals surface area contributed by atoms with Gasteiger partial charge in [0.15, 0.2) is 0 Å². The molecule has 6 nitrogen and oxygen atoms in total. The molecule has 1 aromatic carbocycles. The van der Waals surface area contributed by atoms with Crippen molar-refractivity contribution in [3.8, 4) is 0 Å². The Hall–Kier alpha value is -2.89. The number of anilines is 1.